The molecule has 0 radical (unpaired) electrons. The third-order valence-electron chi connectivity index (χ3n) is 4.54. The minimum Gasteiger partial charge on any atom is -0.454 e. The number of thiocarbonyl (C=S) groups is 1. The topological polar surface area (TPSA) is 43.0 Å². The summed E-state index contributed by atoms with van der Waals surface area (Å²) in [5.74, 6) is 1.60. The van der Waals surface area contributed by atoms with Gasteiger partial charge in [0.25, 0.3) is 0 Å². The number of hydrogen-bond donors (Lipinski definition) is 1. The van der Waals surface area contributed by atoms with Crippen molar-refractivity contribution in [3.63, 3.8) is 0 Å². The minimum absolute atomic E-state index is 0.264. The lowest BCUT2D eigenvalue weighted by Gasteiger charge is -2.28. The van der Waals surface area contributed by atoms with Crippen LogP contribution >= 0.6 is 23.6 Å². The molecule has 1 N–H and O–H groups in total. The molecule has 2 aliphatic rings. The molecule has 1 aromatic heterocycles. The summed E-state index contributed by atoms with van der Waals surface area (Å²) in [6.07, 6.45) is 2.50. The van der Waals surface area contributed by atoms with E-state index in [0.29, 0.717) is 13.3 Å². The Balaban J connectivity index is 1.38. The highest BCUT2D eigenvalue weighted by atomic mass is 32.1. The van der Waals surface area contributed by atoms with Crippen molar-refractivity contribution >= 4 is 28.7 Å². The average molecular weight is 391 g/mol. The van der Waals surface area contributed by atoms with Crippen molar-refractivity contribution in [2.24, 2.45) is 0 Å². The van der Waals surface area contributed by atoms with Crippen molar-refractivity contribution in [2.75, 3.05) is 19.9 Å². The molecule has 4 rings (SSSR count). The Morgan fingerprint density at radius 1 is 1.27 bits per heavy atom. The van der Waals surface area contributed by atoms with Crippen LogP contribution in [0, 0.1) is 0 Å². The van der Waals surface area contributed by atoms with Crippen molar-refractivity contribution < 1.29 is 14.2 Å². The summed E-state index contributed by atoms with van der Waals surface area (Å²) in [6, 6.07) is 10.2. The van der Waals surface area contributed by atoms with Gasteiger partial charge in [0.15, 0.2) is 16.6 Å². The van der Waals surface area contributed by atoms with Crippen LogP contribution < -0.4 is 14.8 Å². The molecule has 0 aliphatic carbocycles. The van der Waals surface area contributed by atoms with Gasteiger partial charge in [0.2, 0.25) is 6.79 Å². The molecular weight excluding hydrogens is 368 g/mol. The first kappa shape index (κ1) is 17.6. The van der Waals surface area contributed by atoms with Gasteiger partial charge in [-0.15, -0.1) is 11.3 Å². The van der Waals surface area contributed by atoms with Crippen LogP contribution in [0.15, 0.2) is 35.7 Å². The molecule has 5 nitrogen and oxygen atoms in total. The third kappa shape index (κ3) is 4.28. The molecule has 1 aromatic carbocycles. The average Bonchev–Trinajstić information content (AvgIpc) is 3.40. The second-order valence-corrected chi connectivity index (χ2v) is 7.86. The molecule has 2 aromatic rings. The molecule has 1 saturated heterocycles. The standard InChI is InChI=1S/C19H22N2O3S2/c25-19(20-10-14-5-6-17-18(9-14)24-13-23-17)21(11-15-3-1-7-22-15)12-16-4-2-8-26-16/h2,4-6,8-9,15H,1,3,7,10-13H2,(H,20,25)/t15-/m0/s1. The van der Waals surface area contributed by atoms with Crippen LogP contribution in [0.2, 0.25) is 0 Å². The van der Waals surface area contributed by atoms with E-state index in [1.54, 1.807) is 11.3 Å². The van der Waals surface area contributed by atoms with Gasteiger partial charge >= 0.3 is 0 Å². The monoisotopic (exact) mass is 390 g/mol. The lowest BCUT2D eigenvalue weighted by molar-refractivity contribution is 0.0899. The van der Waals surface area contributed by atoms with Crippen LogP contribution in [-0.2, 0) is 17.8 Å². The predicted octanol–water partition coefficient (Wildman–Crippen LogP) is 3.53. The van der Waals surface area contributed by atoms with Gasteiger partial charge in [-0.2, -0.15) is 0 Å². The lowest BCUT2D eigenvalue weighted by Crippen LogP contribution is -2.42. The van der Waals surface area contributed by atoms with Gasteiger partial charge in [-0.25, -0.2) is 0 Å². The van der Waals surface area contributed by atoms with Crippen molar-refractivity contribution in [3.8, 4) is 11.5 Å². The van der Waals surface area contributed by atoms with Gasteiger partial charge in [-0.1, -0.05) is 12.1 Å². The quantitative estimate of drug-likeness (QED) is 0.761. The maximum absolute atomic E-state index is 5.81. The third-order valence-corrected chi connectivity index (χ3v) is 5.81. The number of thiophene rings is 1. The van der Waals surface area contributed by atoms with Crippen LogP contribution in [0.3, 0.4) is 0 Å². The maximum atomic E-state index is 5.81. The number of ether oxygens (including phenoxy) is 3. The molecule has 0 saturated carbocycles. The summed E-state index contributed by atoms with van der Waals surface area (Å²) in [6.45, 7) is 3.44. The molecule has 3 heterocycles. The molecule has 1 atom stereocenters. The zero-order chi connectivity index (χ0) is 17.8. The van der Waals surface area contributed by atoms with Crippen LogP contribution in [0.5, 0.6) is 11.5 Å². The Kier molecular flexibility index (Phi) is 5.57. The molecule has 2 aliphatic heterocycles. The highest BCUT2D eigenvalue weighted by molar-refractivity contribution is 7.80. The highest BCUT2D eigenvalue weighted by Gasteiger charge is 2.21. The fraction of sp³-hybridized carbons (Fsp3) is 0.421. The van der Waals surface area contributed by atoms with Gasteiger partial charge in [0.05, 0.1) is 12.6 Å². The van der Waals surface area contributed by atoms with E-state index in [1.807, 2.05) is 18.2 Å². The number of nitrogens with one attached hydrogen (secondary N) is 1. The normalized spacial score (nSPS) is 18.1. The van der Waals surface area contributed by atoms with Crippen molar-refractivity contribution in [1.29, 1.82) is 0 Å². The molecule has 0 spiro atoms. The van der Waals surface area contributed by atoms with E-state index in [2.05, 4.69) is 27.7 Å². The van der Waals surface area contributed by atoms with Gasteiger partial charge in [-0.05, 0) is 54.2 Å². The molecule has 0 amide bonds. The first-order valence-corrected chi connectivity index (χ1v) is 10.1. The predicted molar refractivity (Wildman–Crippen MR) is 106 cm³/mol. The van der Waals surface area contributed by atoms with E-state index >= 15 is 0 Å². The first-order valence-electron chi connectivity index (χ1n) is 8.83. The fourth-order valence-corrected chi connectivity index (χ4v) is 4.12. The Labute approximate surface area is 162 Å². The van der Waals surface area contributed by atoms with Crippen molar-refractivity contribution in [3.05, 3.63) is 46.2 Å². The van der Waals surface area contributed by atoms with Crippen LogP contribution in [0.4, 0.5) is 0 Å². The van der Waals surface area contributed by atoms with Crippen LogP contribution in [0.25, 0.3) is 0 Å². The summed E-state index contributed by atoms with van der Waals surface area (Å²) in [4.78, 5) is 3.51. The van der Waals surface area contributed by atoms with Gasteiger partial charge in [0.1, 0.15) is 0 Å². The Hall–Kier alpha value is -1.83. The number of rotatable bonds is 6. The van der Waals surface area contributed by atoms with Crippen LogP contribution in [-0.4, -0.2) is 36.1 Å². The smallest absolute Gasteiger partial charge is 0.231 e. The number of hydrogen-bond acceptors (Lipinski definition) is 5. The van der Waals surface area contributed by atoms with E-state index in [-0.39, 0.29) is 6.10 Å². The SMILES string of the molecule is S=C(NCc1ccc2c(c1)OCO2)N(Cc1cccs1)C[C@@H]1CCCO1. The van der Waals surface area contributed by atoms with Gasteiger partial charge in [0, 0.05) is 24.6 Å². The number of fused-ring (bicyclic) bond motifs is 1. The summed E-state index contributed by atoms with van der Waals surface area (Å²) in [5.41, 5.74) is 1.12. The number of nitrogens with zero attached hydrogens (tertiary/aromatic N) is 1. The minimum atomic E-state index is 0.264. The molecule has 7 heteroatoms. The van der Waals surface area contributed by atoms with E-state index in [0.717, 1.165) is 54.7 Å². The Morgan fingerprint density at radius 2 is 2.19 bits per heavy atom. The fourth-order valence-electron chi connectivity index (χ4n) is 3.18. The zero-order valence-corrected chi connectivity index (χ0v) is 16.1. The Bertz CT molecular complexity index is 745. The lowest BCUT2D eigenvalue weighted by atomic mass is 10.2. The summed E-state index contributed by atoms with van der Waals surface area (Å²) in [7, 11) is 0. The zero-order valence-electron chi connectivity index (χ0n) is 14.5. The van der Waals surface area contributed by atoms with Crippen molar-refractivity contribution in [2.45, 2.75) is 32.0 Å². The summed E-state index contributed by atoms with van der Waals surface area (Å²) < 4.78 is 16.6. The second-order valence-electron chi connectivity index (χ2n) is 6.44. The second kappa shape index (κ2) is 8.24. The maximum Gasteiger partial charge on any atom is 0.231 e. The molecule has 138 valence electrons. The molecule has 0 unspecified atom stereocenters. The molecule has 1 fully saturated rings. The van der Waals surface area contributed by atoms with E-state index in [9.17, 15) is 0 Å². The largest absolute Gasteiger partial charge is 0.454 e. The van der Waals surface area contributed by atoms with E-state index < -0.39 is 0 Å². The van der Waals surface area contributed by atoms with Crippen molar-refractivity contribution in [1.82, 2.24) is 10.2 Å². The first-order chi connectivity index (χ1) is 12.8. The van der Waals surface area contributed by atoms with E-state index in [4.69, 9.17) is 26.4 Å². The Morgan fingerprint density at radius 3 is 3.00 bits per heavy atom. The summed E-state index contributed by atoms with van der Waals surface area (Å²) >= 11 is 7.44. The molecule has 26 heavy (non-hydrogen) atoms. The molecular formula is C19H22N2O3S2. The summed E-state index contributed by atoms with van der Waals surface area (Å²) in [5, 5.41) is 6.24. The van der Waals surface area contributed by atoms with Crippen LogP contribution in [0.1, 0.15) is 23.3 Å². The molecule has 0 bridgehead atoms. The van der Waals surface area contributed by atoms with Gasteiger partial charge in [-0.3, -0.25) is 0 Å². The van der Waals surface area contributed by atoms with Gasteiger partial charge < -0.3 is 24.4 Å². The van der Waals surface area contributed by atoms with E-state index in [1.165, 1.54) is 4.88 Å². The highest BCUT2D eigenvalue weighted by Crippen LogP contribution is 2.32. The number of benzene rings is 1.